The van der Waals surface area contributed by atoms with Gasteiger partial charge in [-0.25, -0.2) is 23.7 Å². The van der Waals surface area contributed by atoms with Crippen LogP contribution in [0.3, 0.4) is 0 Å². The molecule has 5 rings (SSSR count). The molecule has 2 aromatic carbocycles. The van der Waals surface area contributed by atoms with E-state index in [0.29, 0.717) is 48.9 Å². The molecule has 11 nitrogen and oxygen atoms in total. The number of carboxylic acid groups (broad SMARTS) is 1. The van der Waals surface area contributed by atoms with Crippen LogP contribution in [-0.2, 0) is 37.7 Å². The number of anilines is 1. The van der Waals surface area contributed by atoms with Crippen molar-refractivity contribution in [3.8, 4) is 0 Å². The number of ether oxygens (including phenoxy) is 1. The molecule has 0 radical (unpaired) electrons. The average molecular weight is 579 g/mol. The van der Waals surface area contributed by atoms with Gasteiger partial charge < -0.3 is 25.4 Å². The first-order chi connectivity index (χ1) is 20.1. The fourth-order valence-corrected chi connectivity index (χ4v) is 5.96. The fraction of sp³-hybridized carbons (Fsp3) is 0.367. The van der Waals surface area contributed by atoms with Crippen LogP contribution < -0.4 is 10.6 Å². The van der Waals surface area contributed by atoms with Crippen LogP contribution >= 0.6 is 0 Å². The largest absolute Gasteiger partial charge is 0.478 e. The molecule has 0 unspecified atom stereocenters. The van der Waals surface area contributed by atoms with E-state index in [1.165, 1.54) is 25.3 Å². The summed E-state index contributed by atoms with van der Waals surface area (Å²) >= 11 is 0. The number of rotatable bonds is 7. The number of imide groups is 1. The number of amides is 5. The Labute approximate surface area is 241 Å². The highest BCUT2D eigenvalue weighted by Gasteiger charge is 2.58. The number of hydrogen-bond donors (Lipinski definition) is 3. The zero-order valence-corrected chi connectivity index (χ0v) is 23.0. The molecule has 2 aliphatic carbocycles. The van der Waals surface area contributed by atoms with Crippen LogP contribution in [0.1, 0.15) is 48.8 Å². The summed E-state index contributed by atoms with van der Waals surface area (Å²) in [6.07, 6.45) is 2.93. The summed E-state index contributed by atoms with van der Waals surface area (Å²) in [6.45, 7) is -0.394. The molecule has 1 heterocycles. The van der Waals surface area contributed by atoms with E-state index in [1.807, 2.05) is 0 Å². The van der Waals surface area contributed by atoms with Crippen LogP contribution in [-0.4, -0.2) is 64.4 Å². The lowest BCUT2D eigenvalue weighted by Gasteiger charge is -2.36. The number of carboxylic acids is 1. The Kier molecular flexibility index (Phi) is 7.97. The lowest BCUT2D eigenvalue weighted by molar-refractivity contribution is -0.143. The van der Waals surface area contributed by atoms with Gasteiger partial charge in [-0.05, 0) is 67.5 Å². The van der Waals surface area contributed by atoms with Gasteiger partial charge in [-0.2, -0.15) is 0 Å². The maximum atomic E-state index is 13.7. The lowest BCUT2D eigenvalue weighted by Crippen LogP contribution is -2.48. The quantitative estimate of drug-likeness (QED) is 0.425. The molecule has 1 saturated heterocycles. The summed E-state index contributed by atoms with van der Waals surface area (Å²) in [6, 6.07) is 10.1. The summed E-state index contributed by atoms with van der Waals surface area (Å²) in [5.74, 6) is -2.53. The number of benzene rings is 2. The number of fused-ring (bicyclic) bond motifs is 2. The van der Waals surface area contributed by atoms with Crippen molar-refractivity contribution >= 4 is 35.6 Å². The van der Waals surface area contributed by atoms with E-state index >= 15 is 0 Å². The van der Waals surface area contributed by atoms with Gasteiger partial charge in [0.15, 0.2) is 0 Å². The first-order valence-electron chi connectivity index (χ1n) is 13.7. The number of urea groups is 1. The second kappa shape index (κ2) is 11.6. The monoisotopic (exact) mass is 578 g/mol. The maximum absolute atomic E-state index is 13.7. The topological polar surface area (TPSA) is 145 Å². The van der Waals surface area contributed by atoms with Crippen molar-refractivity contribution in [2.45, 2.75) is 56.7 Å². The predicted octanol–water partition coefficient (Wildman–Crippen LogP) is 3.68. The summed E-state index contributed by atoms with van der Waals surface area (Å²) in [7, 11) is 1.49. The highest BCUT2D eigenvalue weighted by Crippen LogP contribution is 2.46. The molecule has 3 aliphatic rings. The van der Waals surface area contributed by atoms with Crippen molar-refractivity contribution < 1.29 is 38.2 Å². The predicted molar refractivity (Wildman–Crippen MR) is 148 cm³/mol. The van der Waals surface area contributed by atoms with Gasteiger partial charge in [0.1, 0.15) is 12.4 Å². The number of allylic oxidation sites excluding steroid dienone is 1. The number of aliphatic carboxylic acids is 1. The van der Waals surface area contributed by atoms with E-state index in [4.69, 9.17) is 9.84 Å². The third-order valence-corrected chi connectivity index (χ3v) is 8.09. The van der Waals surface area contributed by atoms with Crippen molar-refractivity contribution in [2.24, 2.45) is 0 Å². The summed E-state index contributed by atoms with van der Waals surface area (Å²) < 4.78 is 19.2. The molecular formula is C30H31FN4O7. The molecule has 1 saturated carbocycles. The number of carbonyl (C=O) groups is 5. The van der Waals surface area contributed by atoms with Crippen LogP contribution in [0.4, 0.5) is 19.7 Å². The van der Waals surface area contributed by atoms with E-state index in [9.17, 15) is 28.4 Å². The second-order valence-corrected chi connectivity index (χ2v) is 10.7. The molecule has 0 aromatic heterocycles. The summed E-state index contributed by atoms with van der Waals surface area (Å²) in [5.41, 5.74) is 1.71. The molecule has 12 heteroatoms. The Bertz CT molecular complexity index is 1460. The molecule has 0 bridgehead atoms. The molecule has 5 amide bonds. The number of hydrogen-bond acceptors (Lipinski definition) is 6. The first kappa shape index (κ1) is 28.8. The van der Waals surface area contributed by atoms with Crippen molar-refractivity contribution in [3.05, 3.63) is 76.6 Å². The molecule has 1 aliphatic heterocycles. The number of aryl methyl sites for hydroxylation is 1. The Morgan fingerprint density at radius 2 is 1.83 bits per heavy atom. The van der Waals surface area contributed by atoms with Crippen LogP contribution in [0.25, 0.3) is 0 Å². The zero-order valence-electron chi connectivity index (χ0n) is 23.0. The third-order valence-electron chi connectivity index (χ3n) is 8.09. The standard InChI is InChI=1S/C30H31FN4O7/c1-32-28(40)33-22-8-11-24-20(15-22)12-13-30(24)27(39)35(29(41)42-30)17-25(36)34(16-19-2-6-21(31)7-3-19)23-9-4-18(5-10-23)14-26(37)38/h2-3,6-8,11,14-15,23H,4-5,9-10,12-13,16-17H2,1H3,(H,37,38)(H2,32,33,40)/t23?,30-/m1/s1. The molecule has 220 valence electrons. The highest BCUT2D eigenvalue weighted by molar-refractivity contribution is 6.06. The fourth-order valence-electron chi connectivity index (χ4n) is 5.96. The molecule has 1 spiro atoms. The molecule has 2 fully saturated rings. The van der Waals surface area contributed by atoms with Gasteiger partial charge in [0.05, 0.1) is 0 Å². The smallest absolute Gasteiger partial charge is 0.418 e. The van der Waals surface area contributed by atoms with Crippen molar-refractivity contribution in [1.82, 2.24) is 15.1 Å². The van der Waals surface area contributed by atoms with Crippen LogP contribution in [0, 0.1) is 5.82 Å². The van der Waals surface area contributed by atoms with E-state index in [0.717, 1.165) is 16.0 Å². The Morgan fingerprint density at radius 3 is 2.50 bits per heavy atom. The summed E-state index contributed by atoms with van der Waals surface area (Å²) in [5, 5.41) is 14.2. The lowest BCUT2D eigenvalue weighted by atomic mass is 9.89. The van der Waals surface area contributed by atoms with Crippen molar-refractivity contribution in [1.29, 1.82) is 0 Å². The Balaban J connectivity index is 1.35. The van der Waals surface area contributed by atoms with E-state index < -0.39 is 47.9 Å². The molecule has 1 atom stereocenters. The van der Waals surface area contributed by atoms with Crippen molar-refractivity contribution in [3.63, 3.8) is 0 Å². The van der Waals surface area contributed by atoms with Gasteiger partial charge in [-0.3, -0.25) is 9.59 Å². The Morgan fingerprint density at radius 1 is 1.12 bits per heavy atom. The average Bonchev–Trinajstić information content (AvgIpc) is 3.44. The van der Waals surface area contributed by atoms with E-state index in [-0.39, 0.29) is 19.0 Å². The minimum atomic E-state index is -1.54. The van der Waals surface area contributed by atoms with Gasteiger partial charge in [-0.1, -0.05) is 23.8 Å². The van der Waals surface area contributed by atoms with E-state index in [2.05, 4.69) is 10.6 Å². The maximum Gasteiger partial charge on any atom is 0.418 e. The summed E-state index contributed by atoms with van der Waals surface area (Å²) in [4.78, 5) is 65.7. The minimum Gasteiger partial charge on any atom is -0.478 e. The minimum absolute atomic E-state index is 0.133. The Hall–Kier alpha value is -4.74. The number of carbonyl (C=O) groups excluding carboxylic acids is 4. The number of nitrogens with one attached hydrogen (secondary N) is 2. The normalized spacial score (nSPS) is 21.1. The SMILES string of the molecule is CNC(=O)Nc1ccc2c(c1)CC[C@@]21OC(=O)N(CC(=O)N(Cc2ccc(F)cc2)C2CCC(=CC(=O)O)CC2)C1=O. The number of nitrogens with zero attached hydrogens (tertiary/aromatic N) is 2. The van der Waals surface area contributed by atoms with Gasteiger partial charge in [0, 0.05) is 43.4 Å². The van der Waals surface area contributed by atoms with Crippen LogP contribution in [0.2, 0.25) is 0 Å². The molecular weight excluding hydrogens is 547 g/mol. The van der Waals surface area contributed by atoms with Crippen molar-refractivity contribution in [2.75, 3.05) is 18.9 Å². The third kappa shape index (κ3) is 5.69. The molecule has 42 heavy (non-hydrogen) atoms. The van der Waals surface area contributed by atoms with Gasteiger partial charge in [0.2, 0.25) is 11.5 Å². The molecule has 3 N–H and O–H groups in total. The number of halogens is 1. The van der Waals surface area contributed by atoms with Crippen LogP contribution in [0.15, 0.2) is 54.1 Å². The van der Waals surface area contributed by atoms with Gasteiger partial charge in [-0.15, -0.1) is 0 Å². The highest BCUT2D eigenvalue weighted by atomic mass is 19.1. The van der Waals surface area contributed by atoms with Gasteiger partial charge in [0.25, 0.3) is 5.91 Å². The van der Waals surface area contributed by atoms with Crippen LogP contribution in [0.5, 0.6) is 0 Å². The first-order valence-corrected chi connectivity index (χ1v) is 13.7. The van der Waals surface area contributed by atoms with Gasteiger partial charge >= 0.3 is 18.1 Å². The zero-order chi connectivity index (χ0) is 30.0. The van der Waals surface area contributed by atoms with E-state index in [1.54, 1.807) is 35.2 Å². The molecule has 2 aromatic rings. The second-order valence-electron chi connectivity index (χ2n) is 10.7.